The molecule has 0 saturated carbocycles. The summed E-state index contributed by atoms with van der Waals surface area (Å²) in [5, 5.41) is 23.5. The van der Waals surface area contributed by atoms with Crippen LogP contribution >= 0.6 is 12.2 Å². The Morgan fingerprint density at radius 2 is 1.83 bits per heavy atom. The summed E-state index contributed by atoms with van der Waals surface area (Å²) in [5.74, 6) is -0.504. The Kier molecular flexibility index (Phi) is 6.36. The number of nitrogens with one attached hydrogen (secondary N) is 1. The van der Waals surface area contributed by atoms with E-state index in [0.29, 0.717) is 11.1 Å². The first kappa shape index (κ1) is 20.6. The zero-order valence-corrected chi connectivity index (χ0v) is 17.0. The SMILES string of the molecule is Cc1ccc(/C(O)=C(\C(=S)Nc2ccccc2F)[n+]2cccc(CO)c2)cc1C. The van der Waals surface area contributed by atoms with Crippen molar-refractivity contribution in [2.45, 2.75) is 20.5 Å². The number of thiocarbonyl (C=S) groups is 1. The molecule has 1 aromatic heterocycles. The molecule has 3 N–H and O–H groups in total. The maximum absolute atomic E-state index is 14.1. The molecule has 1 heterocycles. The number of halogens is 1. The van der Waals surface area contributed by atoms with E-state index in [2.05, 4.69) is 5.32 Å². The third-order valence-electron chi connectivity index (χ3n) is 4.64. The number of aryl methyl sites for hydroxylation is 2. The number of aliphatic hydroxyl groups excluding tert-OH is 2. The highest BCUT2D eigenvalue weighted by atomic mass is 32.1. The van der Waals surface area contributed by atoms with Gasteiger partial charge in [-0.3, -0.25) is 0 Å². The van der Waals surface area contributed by atoms with Gasteiger partial charge < -0.3 is 15.5 Å². The summed E-state index contributed by atoms with van der Waals surface area (Å²) < 4.78 is 15.7. The standard InChI is InChI=1S/C23H21FN2O2S/c1-15-9-10-18(12-16(15)2)22(28)21(26-11-5-6-17(13-26)14-27)23(29)25-20-8-4-3-7-19(20)24/h3-13,27H,14H2,1-2H3,(H-,25,28,29)/p+1. The van der Waals surface area contributed by atoms with Crippen molar-refractivity contribution in [2.24, 2.45) is 0 Å². The lowest BCUT2D eigenvalue weighted by Gasteiger charge is -2.12. The second-order valence-corrected chi connectivity index (χ2v) is 7.12. The van der Waals surface area contributed by atoms with Crippen LogP contribution in [0.5, 0.6) is 0 Å². The molecule has 0 aliphatic heterocycles. The molecule has 0 atom stereocenters. The molecule has 2 aromatic carbocycles. The number of rotatable bonds is 5. The topological polar surface area (TPSA) is 56.4 Å². The van der Waals surface area contributed by atoms with E-state index < -0.39 is 5.82 Å². The van der Waals surface area contributed by atoms with E-state index in [0.717, 1.165) is 11.1 Å². The summed E-state index contributed by atoms with van der Waals surface area (Å²) in [6.45, 7) is 3.79. The lowest BCUT2D eigenvalue weighted by molar-refractivity contribution is -0.576. The van der Waals surface area contributed by atoms with Crippen LogP contribution < -0.4 is 9.88 Å². The molecule has 0 aliphatic carbocycles. The fraction of sp³-hybridized carbons (Fsp3) is 0.130. The average Bonchev–Trinajstić information content (AvgIpc) is 2.72. The van der Waals surface area contributed by atoms with E-state index in [9.17, 15) is 14.6 Å². The van der Waals surface area contributed by atoms with Gasteiger partial charge in [-0.2, -0.15) is 4.57 Å². The van der Waals surface area contributed by atoms with Gasteiger partial charge in [0.1, 0.15) is 5.82 Å². The highest BCUT2D eigenvalue weighted by Crippen LogP contribution is 2.22. The maximum atomic E-state index is 14.1. The van der Waals surface area contributed by atoms with E-state index >= 15 is 0 Å². The molecular formula is C23H22FN2O2S+. The Hall–Kier alpha value is -3.09. The number of hydrogen-bond donors (Lipinski definition) is 3. The van der Waals surface area contributed by atoms with Crippen LogP contribution in [-0.2, 0) is 6.61 Å². The normalized spacial score (nSPS) is 11.7. The summed E-state index contributed by atoms with van der Waals surface area (Å²) in [5.41, 5.74) is 3.85. The van der Waals surface area contributed by atoms with Gasteiger partial charge in [-0.15, -0.1) is 0 Å². The largest absolute Gasteiger partial charge is 0.502 e. The smallest absolute Gasteiger partial charge is 0.288 e. The molecule has 4 nitrogen and oxygen atoms in total. The van der Waals surface area contributed by atoms with Gasteiger partial charge in [0, 0.05) is 17.2 Å². The molecule has 0 radical (unpaired) electrons. The van der Waals surface area contributed by atoms with Crippen LogP contribution in [-0.4, -0.2) is 15.2 Å². The van der Waals surface area contributed by atoms with Crippen LogP contribution in [0, 0.1) is 19.7 Å². The van der Waals surface area contributed by atoms with Gasteiger partial charge in [0.05, 0.1) is 12.3 Å². The van der Waals surface area contributed by atoms with E-state index in [1.165, 1.54) is 6.07 Å². The monoisotopic (exact) mass is 409 g/mol. The van der Waals surface area contributed by atoms with E-state index in [1.54, 1.807) is 53.4 Å². The summed E-state index contributed by atoms with van der Waals surface area (Å²) in [4.78, 5) is 0.144. The van der Waals surface area contributed by atoms with Gasteiger partial charge >= 0.3 is 0 Å². The molecule has 0 amide bonds. The Morgan fingerprint density at radius 1 is 1.07 bits per heavy atom. The number of nitrogens with zero attached hydrogens (tertiary/aromatic N) is 1. The van der Waals surface area contributed by atoms with Crippen molar-refractivity contribution in [1.82, 2.24) is 0 Å². The van der Waals surface area contributed by atoms with Crippen LogP contribution in [0.2, 0.25) is 0 Å². The number of anilines is 1. The minimum Gasteiger partial charge on any atom is -0.502 e. The third kappa shape index (κ3) is 4.67. The fourth-order valence-corrected chi connectivity index (χ4v) is 3.19. The first-order valence-corrected chi connectivity index (χ1v) is 9.49. The van der Waals surface area contributed by atoms with Crippen LogP contribution in [0.25, 0.3) is 11.5 Å². The summed E-state index contributed by atoms with van der Waals surface area (Å²) in [7, 11) is 0. The first-order valence-electron chi connectivity index (χ1n) is 9.09. The van der Waals surface area contributed by atoms with Gasteiger partial charge in [-0.05, 0) is 49.2 Å². The number of aliphatic hydroxyl groups is 2. The van der Waals surface area contributed by atoms with Crippen LogP contribution in [0.4, 0.5) is 10.1 Å². The molecular weight excluding hydrogens is 387 g/mol. The van der Waals surface area contributed by atoms with Crippen LogP contribution in [0.15, 0.2) is 67.0 Å². The molecule has 0 fully saturated rings. The highest BCUT2D eigenvalue weighted by Gasteiger charge is 2.25. The first-order chi connectivity index (χ1) is 13.9. The van der Waals surface area contributed by atoms with Gasteiger partial charge in [0.2, 0.25) is 0 Å². The maximum Gasteiger partial charge on any atom is 0.288 e. The predicted octanol–water partition coefficient (Wildman–Crippen LogP) is 4.55. The Morgan fingerprint density at radius 3 is 2.52 bits per heavy atom. The molecule has 6 heteroatoms. The third-order valence-corrected chi connectivity index (χ3v) is 4.94. The molecule has 0 unspecified atom stereocenters. The van der Waals surface area contributed by atoms with Gasteiger partial charge in [-0.25, -0.2) is 4.39 Å². The quantitative estimate of drug-likeness (QED) is 0.251. The zero-order chi connectivity index (χ0) is 21.0. The van der Waals surface area contributed by atoms with Crippen molar-refractivity contribution in [3.63, 3.8) is 0 Å². The van der Waals surface area contributed by atoms with Crippen molar-refractivity contribution in [3.05, 3.63) is 95.1 Å². The van der Waals surface area contributed by atoms with E-state index in [4.69, 9.17) is 12.2 Å². The minimum absolute atomic E-state index is 0.0537. The molecule has 29 heavy (non-hydrogen) atoms. The van der Waals surface area contributed by atoms with Crippen molar-refractivity contribution in [2.75, 3.05) is 5.32 Å². The van der Waals surface area contributed by atoms with Gasteiger partial charge in [0.15, 0.2) is 23.1 Å². The van der Waals surface area contributed by atoms with Gasteiger partial charge in [0.25, 0.3) is 5.70 Å². The molecule has 3 aromatic rings. The summed E-state index contributed by atoms with van der Waals surface area (Å²) >= 11 is 5.53. The fourth-order valence-electron chi connectivity index (χ4n) is 2.87. The van der Waals surface area contributed by atoms with E-state index in [-0.39, 0.29) is 28.7 Å². The molecule has 0 spiro atoms. The molecule has 3 rings (SSSR count). The molecule has 148 valence electrons. The second kappa shape index (κ2) is 8.94. The van der Waals surface area contributed by atoms with E-state index in [1.807, 2.05) is 26.0 Å². The molecule has 0 bridgehead atoms. The number of hydrogen-bond acceptors (Lipinski definition) is 3. The van der Waals surface area contributed by atoms with Crippen molar-refractivity contribution >= 4 is 34.3 Å². The number of para-hydroxylation sites is 1. The van der Waals surface area contributed by atoms with Crippen molar-refractivity contribution in [3.8, 4) is 0 Å². The van der Waals surface area contributed by atoms with Gasteiger partial charge in [-0.1, -0.05) is 36.5 Å². The highest BCUT2D eigenvalue weighted by molar-refractivity contribution is 7.81. The zero-order valence-electron chi connectivity index (χ0n) is 16.2. The molecule has 0 aliphatic rings. The Labute approximate surface area is 174 Å². The minimum atomic E-state index is -0.450. The number of benzene rings is 2. The summed E-state index contributed by atoms with van der Waals surface area (Å²) in [6.07, 6.45) is 3.38. The molecule has 0 saturated heterocycles. The summed E-state index contributed by atoms with van der Waals surface area (Å²) in [6, 6.07) is 15.3. The number of pyridine rings is 1. The lowest BCUT2D eigenvalue weighted by Crippen LogP contribution is -2.39. The van der Waals surface area contributed by atoms with Crippen molar-refractivity contribution < 1.29 is 19.2 Å². The second-order valence-electron chi connectivity index (χ2n) is 6.71. The predicted molar refractivity (Wildman–Crippen MR) is 117 cm³/mol. The Bertz CT molecular complexity index is 1100. The van der Waals surface area contributed by atoms with Crippen LogP contribution in [0.1, 0.15) is 22.3 Å². The Balaban J connectivity index is 2.13. The lowest BCUT2D eigenvalue weighted by atomic mass is 10.0. The average molecular weight is 410 g/mol. The van der Waals surface area contributed by atoms with Crippen molar-refractivity contribution in [1.29, 1.82) is 0 Å². The van der Waals surface area contributed by atoms with Crippen LogP contribution in [0.3, 0.4) is 0 Å². The number of aromatic nitrogens is 1.